The van der Waals surface area contributed by atoms with Crippen LogP contribution >= 0.6 is 0 Å². The zero-order valence-electron chi connectivity index (χ0n) is 6.93. The van der Waals surface area contributed by atoms with Crippen molar-refractivity contribution in [1.82, 2.24) is 0 Å². The van der Waals surface area contributed by atoms with Gasteiger partial charge in [0.15, 0.2) is 0 Å². The van der Waals surface area contributed by atoms with E-state index in [4.69, 9.17) is 0 Å². The minimum Gasteiger partial charge on any atom is -0.0996 e. The van der Waals surface area contributed by atoms with Gasteiger partial charge in [0.2, 0.25) is 0 Å². The smallest absolute Gasteiger partial charge is 0.0138 e. The van der Waals surface area contributed by atoms with Gasteiger partial charge < -0.3 is 0 Å². The molecule has 0 aromatic heterocycles. The fraction of sp³-hybridized carbons (Fsp3) is 0.400. The second kappa shape index (κ2) is 6.34. The Bertz CT molecular complexity index is 138. The monoisotopic (exact) mass is 136 g/mol. The van der Waals surface area contributed by atoms with Gasteiger partial charge in [-0.3, -0.25) is 0 Å². The number of allylic oxidation sites excluding steroid dienone is 5. The normalized spacial score (nSPS) is 11.4. The summed E-state index contributed by atoms with van der Waals surface area (Å²) in [5.41, 5.74) is 1.29. The van der Waals surface area contributed by atoms with Crippen LogP contribution < -0.4 is 0 Å². The largest absolute Gasteiger partial charge is 0.0996 e. The van der Waals surface area contributed by atoms with E-state index in [9.17, 15) is 0 Å². The van der Waals surface area contributed by atoms with Crippen molar-refractivity contribution in [1.29, 1.82) is 0 Å². The molecule has 0 amide bonds. The van der Waals surface area contributed by atoms with Crippen LogP contribution in [0, 0.1) is 0 Å². The Morgan fingerprint density at radius 2 is 2.10 bits per heavy atom. The minimum atomic E-state index is 1.01. The van der Waals surface area contributed by atoms with Crippen LogP contribution in [0.15, 0.2) is 36.5 Å². The molecular formula is C10H16. The van der Waals surface area contributed by atoms with Crippen LogP contribution in [0.5, 0.6) is 0 Å². The molecule has 10 heavy (non-hydrogen) atoms. The van der Waals surface area contributed by atoms with Gasteiger partial charge in [-0.15, -0.1) is 0 Å². The van der Waals surface area contributed by atoms with Gasteiger partial charge in [-0.25, -0.2) is 0 Å². The predicted molar refractivity (Wildman–Crippen MR) is 48.0 cm³/mol. The highest BCUT2D eigenvalue weighted by atomic mass is 13.9. The molecule has 0 atom stereocenters. The van der Waals surface area contributed by atoms with Gasteiger partial charge in [-0.2, -0.15) is 0 Å². The van der Waals surface area contributed by atoms with Crippen molar-refractivity contribution in [3.8, 4) is 0 Å². The summed E-state index contributed by atoms with van der Waals surface area (Å²) in [4.78, 5) is 0. The van der Waals surface area contributed by atoms with Crippen molar-refractivity contribution in [2.45, 2.75) is 26.7 Å². The summed E-state index contributed by atoms with van der Waals surface area (Å²) in [5, 5.41) is 0. The summed E-state index contributed by atoms with van der Waals surface area (Å²) in [6.07, 6.45) is 10.3. The van der Waals surface area contributed by atoms with E-state index in [0.29, 0.717) is 0 Å². The summed E-state index contributed by atoms with van der Waals surface area (Å²) in [7, 11) is 0. The SMILES string of the molecule is C=C(CC)CC=CC=CC. The maximum Gasteiger partial charge on any atom is -0.0138 e. The van der Waals surface area contributed by atoms with Gasteiger partial charge in [-0.05, 0) is 19.8 Å². The lowest BCUT2D eigenvalue weighted by atomic mass is 10.1. The zero-order chi connectivity index (χ0) is 7.82. The molecule has 0 fully saturated rings. The summed E-state index contributed by atoms with van der Waals surface area (Å²) in [6, 6.07) is 0. The molecule has 0 heteroatoms. The number of hydrogen-bond acceptors (Lipinski definition) is 0. The maximum absolute atomic E-state index is 3.90. The van der Waals surface area contributed by atoms with E-state index in [1.165, 1.54) is 5.57 Å². The van der Waals surface area contributed by atoms with E-state index in [1.54, 1.807) is 0 Å². The molecule has 0 aromatic rings. The highest BCUT2D eigenvalue weighted by molar-refractivity contribution is 5.07. The van der Waals surface area contributed by atoms with E-state index >= 15 is 0 Å². The average Bonchev–Trinajstić information content (AvgIpc) is 1.98. The van der Waals surface area contributed by atoms with E-state index in [-0.39, 0.29) is 0 Å². The van der Waals surface area contributed by atoms with Gasteiger partial charge >= 0.3 is 0 Å². The molecule has 0 nitrogen and oxygen atoms in total. The number of rotatable bonds is 4. The molecule has 0 aliphatic rings. The van der Waals surface area contributed by atoms with Crippen molar-refractivity contribution in [2.75, 3.05) is 0 Å². The molecule has 0 unspecified atom stereocenters. The van der Waals surface area contributed by atoms with Crippen molar-refractivity contribution < 1.29 is 0 Å². The summed E-state index contributed by atoms with van der Waals surface area (Å²) < 4.78 is 0. The quantitative estimate of drug-likeness (QED) is 0.410. The molecule has 0 spiro atoms. The molecule has 0 aliphatic carbocycles. The van der Waals surface area contributed by atoms with E-state index in [0.717, 1.165) is 12.8 Å². The fourth-order valence-corrected chi connectivity index (χ4v) is 0.569. The molecular weight excluding hydrogens is 120 g/mol. The summed E-state index contributed by atoms with van der Waals surface area (Å²) in [5.74, 6) is 0. The molecule has 0 rings (SSSR count). The van der Waals surface area contributed by atoms with Crippen LogP contribution in [-0.4, -0.2) is 0 Å². The third-order valence-corrected chi connectivity index (χ3v) is 1.35. The highest BCUT2D eigenvalue weighted by Crippen LogP contribution is 2.02. The molecule has 56 valence electrons. The third-order valence-electron chi connectivity index (χ3n) is 1.35. The standard InChI is InChI=1S/C10H16/c1-4-6-7-8-9-10(3)5-2/h4,6-8H,3,5,9H2,1-2H3. The van der Waals surface area contributed by atoms with Crippen LogP contribution in [-0.2, 0) is 0 Å². The topological polar surface area (TPSA) is 0 Å². The predicted octanol–water partition coefficient (Wildman–Crippen LogP) is 3.48. The molecule has 0 aromatic carbocycles. The summed E-state index contributed by atoms with van der Waals surface area (Å²) >= 11 is 0. The second-order valence-corrected chi connectivity index (χ2v) is 2.26. The zero-order valence-corrected chi connectivity index (χ0v) is 6.93. The van der Waals surface area contributed by atoms with Crippen LogP contribution in [0.3, 0.4) is 0 Å². The van der Waals surface area contributed by atoms with Crippen LogP contribution in [0.25, 0.3) is 0 Å². The van der Waals surface area contributed by atoms with Gasteiger partial charge in [0.1, 0.15) is 0 Å². The lowest BCUT2D eigenvalue weighted by molar-refractivity contribution is 1.04. The fourth-order valence-electron chi connectivity index (χ4n) is 0.569. The Hall–Kier alpha value is -0.780. The van der Waals surface area contributed by atoms with E-state index < -0.39 is 0 Å². The van der Waals surface area contributed by atoms with Crippen molar-refractivity contribution >= 4 is 0 Å². The first kappa shape index (κ1) is 9.22. The highest BCUT2D eigenvalue weighted by Gasteiger charge is 1.82. The molecule has 0 N–H and O–H groups in total. The molecule has 0 bridgehead atoms. The lowest BCUT2D eigenvalue weighted by Gasteiger charge is -1.92. The van der Waals surface area contributed by atoms with E-state index in [2.05, 4.69) is 25.7 Å². The van der Waals surface area contributed by atoms with Crippen LogP contribution in [0.4, 0.5) is 0 Å². The van der Waals surface area contributed by atoms with Crippen molar-refractivity contribution in [2.24, 2.45) is 0 Å². The van der Waals surface area contributed by atoms with Crippen LogP contribution in [0.2, 0.25) is 0 Å². The Morgan fingerprint density at radius 3 is 2.60 bits per heavy atom. The molecule has 0 aliphatic heterocycles. The second-order valence-electron chi connectivity index (χ2n) is 2.26. The molecule has 0 heterocycles. The van der Waals surface area contributed by atoms with Gasteiger partial charge in [0, 0.05) is 0 Å². The van der Waals surface area contributed by atoms with Crippen LogP contribution in [0.1, 0.15) is 26.7 Å². The Morgan fingerprint density at radius 1 is 1.40 bits per heavy atom. The van der Waals surface area contributed by atoms with E-state index in [1.807, 2.05) is 19.1 Å². The first-order valence-corrected chi connectivity index (χ1v) is 3.75. The Kier molecular flexibility index (Phi) is 5.85. The Balaban J connectivity index is 3.43. The van der Waals surface area contributed by atoms with Gasteiger partial charge in [0.05, 0.1) is 0 Å². The molecule has 0 radical (unpaired) electrons. The number of hydrogen-bond donors (Lipinski definition) is 0. The third kappa shape index (κ3) is 5.36. The lowest BCUT2D eigenvalue weighted by Crippen LogP contribution is -1.72. The van der Waals surface area contributed by atoms with Crippen molar-refractivity contribution in [3.63, 3.8) is 0 Å². The van der Waals surface area contributed by atoms with Gasteiger partial charge in [0.25, 0.3) is 0 Å². The minimum absolute atomic E-state index is 1.01. The maximum atomic E-state index is 3.90. The first-order valence-electron chi connectivity index (χ1n) is 3.75. The van der Waals surface area contributed by atoms with Crippen molar-refractivity contribution in [3.05, 3.63) is 36.5 Å². The average molecular weight is 136 g/mol. The Labute approximate surface area is 64.0 Å². The molecule has 0 saturated heterocycles. The summed E-state index contributed by atoms with van der Waals surface area (Å²) in [6.45, 7) is 8.04. The first-order chi connectivity index (χ1) is 4.81. The van der Waals surface area contributed by atoms with Gasteiger partial charge in [-0.1, -0.05) is 43.4 Å². The molecule has 0 saturated carbocycles.